The maximum absolute atomic E-state index is 10.2. The number of aliphatic hydroxyl groups is 2. The van der Waals surface area contributed by atoms with Crippen LogP contribution in [0.25, 0.3) is 0 Å². The Labute approximate surface area is 138 Å². The zero-order chi connectivity index (χ0) is 15.1. The van der Waals surface area contributed by atoms with Crippen molar-refractivity contribution in [3.8, 4) is 0 Å². The van der Waals surface area contributed by atoms with Gasteiger partial charge in [-0.05, 0) is 25.7 Å². The van der Waals surface area contributed by atoms with E-state index in [-0.39, 0.29) is 25.7 Å². The van der Waals surface area contributed by atoms with Crippen molar-refractivity contribution in [3.63, 3.8) is 0 Å². The molecule has 0 saturated heterocycles. The minimum absolute atomic E-state index is 0.241. The molecule has 0 bridgehead atoms. The van der Waals surface area contributed by atoms with Crippen LogP contribution in [0.2, 0.25) is 0 Å². The van der Waals surface area contributed by atoms with E-state index in [4.69, 9.17) is 56.2 Å². The summed E-state index contributed by atoms with van der Waals surface area (Å²) in [5.74, 6) is -2.95. The standard InChI is InChI=1S/C12H18Cl4O4/c13-9(14)1-5-11(17,6-2-9)19-20-12(18)7-3-10(15,16)4-8-12/h17-18H,1-8H2. The average molecular weight is 368 g/mol. The zero-order valence-corrected chi connectivity index (χ0v) is 13.9. The van der Waals surface area contributed by atoms with Gasteiger partial charge in [-0.3, -0.25) is 0 Å². The Morgan fingerprint density at radius 3 is 1.05 bits per heavy atom. The topological polar surface area (TPSA) is 58.9 Å². The molecule has 2 rings (SSSR count). The summed E-state index contributed by atoms with van der Waals surface area (Å²) in [6.45, 7) is 0. The summed E-state index contributed by atoms with van der Waals surface area (Å²) in [5.41, 5.74) is 0. The quantitative estimate of drug-likeness (QED) is 0.344. The average Bonchev–Trinajstić information content (AvgIpc) is 2.36. The second-order valence-corrected chi connectivity index (χ2v) is 9.05. The molecule has 4 nitrogen and oxygen atoms in total. The number of hydrogen-bond acceptors (Lipinski definition) is 4. The minimum Gasteiger partial charge on any atom is -0.363 e. The molecule has 8 heteroatoms. The summed E-state index contributed by atoms with van der Waals surface area (Å²) < 4.78 is -1.68. The molecular formula is C12H18Cl4O4. The first kappa shape index (κ1) is 17.4. The highest BCUT2D eigenvalue weighted by Gasteiger charge is 2.46. The Morgan fingerprint density at radius 2 is 0.800 bits per heavy atom. The van der Waals surface area contributed by atoms with E-state index in [1.807, 2.05) is 0 Å². The highest BCUT2D eigenvalue weighted by atomic mass is 35.5. The molecule has 0 aromatic carbocycles. The molecule has 0 aromatic rings. The smallest absolute Gasteiger partial charge is 0.199 e. The molecule has 20 heavy (non-hydrogen) atoms. The number of hydrogen-bond donors (Lipinski definition) is 2. The normalized spacial score (nSPS) is 30.9. The third-order valence-corrected chi connectivity index (χ3v) is 5.39. The molecule has 118 valence electrons. The minimum atomic E-state index is -1.47. The van der Waals surface area contributed by atoms with Crippen LogP contribution < -0.4 is 0 Å². The molecule has 0 amide bonds. The maximum atomic E-state index is 10.2. The molecule has 0 spiro atoms. The lowest BCUT2D eigenvalue weighted by molar-refractivity contribution is -0.501. The van der Waals surface area contributed by atoms with Gasteiger partial charge in [-0.1, -0.05) is 0 Å². The summed E-state index contributed by atoms with van der Waals surface area (Å²) in [4.78, 5) is 10.2. The fraction of sp³-hybridized carbons (Fsp3) is 1.00. The summed E-state index contributed by atoms with van der Waals surface area (Å²) in [5, 5.41) is 20.4. The van der Waals surface area contributed by atoms with E-state index in [0.29, 0.717) is 25.7 Å². The van der Waals surface area contributed by atoms with Crippen LogP contribution in [0.4, 0.5) is 0 Å². The summed E-state index contributed by atoms with van der Waals surface area (Å²) in [6.07, 6.45) is 2.52. The van der Waals surface area contributed by atoms with Gasteiger partial charge in [0.15, 0.2) is 11.6 Å². The van der Waals surface area contributed by atoms with E-state index in [0.717, 1.165) is 0 Å². The van der Waals surface area contributed by atoms with Gasteiger partial charge < -0.3 is 10.2 Å². The molecule has 2 aliphatic carbocycles. The van der Waals surface area contributed by atoms with Crippen molar-refractivity contribution in [1.29, 1.82) is 0 Å². The highest BCUT2D eigenvalue weighted by Crippen LogP contribution is 2.45. The van der Waals surface area contributed by atoms with Crippen LogP contribution in [0.5, 0.6) is 0 Å². The molecular weight excluding hydrogens is 350 g/mol. The first-order valence-electron chi connectivity index (χ1n) is 6.61. The molecule has 2 fully saturated rings. The second kappa shape index (κ2) is 5.89. The van der Waals surface area contributed by atoms with E-state index in [1.54, 1.807) is 0 Å². The molecule has 0 unspecified atom stereocenters. The van der Waals surface area contributed by atoms with Crippen LogP contribution >= 0.6 is 46.4 Å². The predicted octanol–water partition coefficient (Wildman–Crippen LogP) is 3.81. The lowest BCUT2D eigenvalue weighted by Gasteiger charge is -2.40. The van der Waals surface area contributed by atoms with Crippen molar-refractivity contribution < 1.29 is 20.0 Å². The number of alkyl halides is 4. The van der Waals surface area contributed by atoms with E-state index < -0.39 is 20.2 Å². The largest absolute Gasteiger partial charge is 0.363 e. The van der Waals surface area contributed by atoms with Crippen molar-refractivity contribution >= 4 is 46.4 Å². The number of halogens is 4. The first-order valence-corrected chi connectivity index (χ1v) is 8.12. The zero-order valence-electron chi connectivity index (χ0n) is 10.9. The summed E-state index contributed by atoms with van der Waals surface area (Å²) in [6, 6.07) is 0. The van der Waals surface area contributed by atoms with Gasteiger partial charge in [0.05, 0.1) is 0 Å². The third-order valence-electron chi connectivity index (χ3n) is 3.88. The molecule has 0 aliphatic heterocycles. The van der Waals surface area contributed by atoms with Crippen LogP contribution in [0.3, 0.4) is 0 Å². The SMILES string of the molecule is OC1(OOC2(O)CCC(Cl)(Cl)CC2)CCC(Cl)(Cl)CC1. The van der Waals surface area contributed by atoms with Crippen LogP contribution in [0, 0.1) is 0 Å². The van der Waals surface area contributed by atoms with Gasteiger partial charge in [0.2, 0.25) is 0 Å². The van der Waals surface area contributed by atoms with E-state index in [9.17, 15) is 10.2 Å². The van der Waals surface area contributed by atoms with Crippen LogP contribution in [-0.4, -0.2) is 30.5 Å². The Morgan fingerprint density at radius 1 is 0.550 bits per heavy atom. The van der Waals surface area contributed by atoms with E-state index >= 15 is 0 Å². The molecule has 0 heterocycles. The van der Waals surface area contributed by atoms with Crippen molar-refractivity contribution in [3.05, 3.63) is 0 Å². The van der Waals surface area contributed by atoms with Crippen molar-refractivity contribution in [2.45, 2.75) is 71.6 Å². The second-order valence-electron chi connectivity index (χ2n) is 5.77. The molecule has 2 N–H and O–H groups in total. The predicted molar refractivity (Wildman–Crippen MR) is 77.9 cm³/mol. The monoisotopic (exact) mass is 366 g/mol. The summed E-state index contributed by atoms with van der Waals surface area (Å²) in [7, 11) is 0. The number of rotatable bonds is 3. The molecule has 0 atom stereocenters. The fourth-order valence-electron chi connectivity index (χ4n) is 2.33. The Kier molecular flexibility index (Phi) is 5.11. The fourth-order valence-corrected chi connectivity index (χ4v) is 3.09. The van der Waals surface area contributed by atoms with Gasteiger partial charge >= 0.3 is 0 Å². The third kappa shape index (κ3) is 4.75. The Balaban J connectivity index is 1.83. The van der Waals surface area contributed by atoms with E-state index in [2.05, 4.69) is 0 Å². The van der Waals surface area contributed by atoms with Gasteiger partial charge in [0, 0.05) is 25.7 Å². The molecule has 0 radical (unpaired) electrons. The van der Waals surface area contributed by atoms with Crippen LogP contribution in [-0.2, 0) is 9.78 Å². The van der Waals surface area contributed by atoms with Gasteiger partial charge in [0.25, 0.3) is 0 Å². The Hall–Kier alpha value is 1.00. The van der Waals surface area contributed by atoms with Gasteiger partial charge in [-0.15, -0.1) is 46.4 Å². The lowest BCUT2D eigenvalue weighted by Crippen LogP contribution is -2.46. The highest BCUT2D eigenvalue weighted by molar-refractivity contribution is 6.48. The van der Waals surface area contributed by atoms with Gasteiger partial charge in [0.1, 0.15) is 8.67 Å². The van der Waals surface area contributed by atoms with E-state index in [1.165, 1.54) is 0 Å². The lowest BCUT2D eigenvalue weighted by atomic mass is 9.93. The van der Waals surface area contributed by atoms with Crippen molar-refractivity contribution in [2.75, 3.05) is 0 Å². The van der Waals surface area contributed by atoms with Gasteiger partial charge in [-0.2, -0.15) is 9.78 Å². The van der Waals surface area contributed by atoms with Crippen LogP contribution in [0.1, 0.15) is 51.4 Å². The molecule has 0 aromatic heterocycles. The maximum Gasteiger partial charge on any atom is 0.199 e. The van der Waals surface area contributed by atoms with Crippen molar-refractivity contribution in [1.82, 2.24) is 0 Å². The van der Waals surface area contributed by atoms with Crippen molar-refractivity contribution in [2.24, 2.45) is 0 Å². The molecule has 2 saturated carbocycles. The summed E-state index contributed by atoms with van der Waals surface area (Å²) >= 11 is 23.9. The first-order chi connectivity index (χ1) is 9.04. The van der Waals surface area contributed by atoms with Gasteiger partial charge in [-0.25, -0.2) is 0 Å². The molecule has 2 aliphatic rings. The Bertz CT molecular complexity index is 307. The van der Waals surface area contributed by atoms with Crippen LogP contribution in [0.15, 0.2) is 0 Å².